The Balaban J connectivity index is 1.91. The molecule has 0 bridgehead atoms. The Bertz CT molecular complexity index is 1090. The van der Waals surface area contributed by atoms with Gasteiger partial charge in [-0.05, 0) is 30.9 Å². The van der Waals surface area contributed by atoms with Crippen LogP contribution in [0, 0.1) is 5.41 Å². The van der Waals surface area contributed by atoms with E-state index in [9.17, 15) is 0 Å². The Morgan fingerprint density at radius 1 is 0.929 bits per heavy atom. The van der Waals surface area contributed by atoms with E-state index in [-0.39, 0.29) is 10.8 Å². The molecule has 0 spiro atoms. The van der Waals surface area contributed by atoms with Gasteiger partial charge in [-0.25, -0.2) is 0 Å². The highest BCUT2D eigenvalue weighted by Gasteiger charge is 2.59. The van der Waals surface area contributed by atoms with Gasteiger partial charge in [0.25, 0.3) is 0 Å². The third-order valence-corrected chi connectivity index (χ3v) is 8.05. The van der Waals surface area contributed by atoms with Crippen LogP contribution in [0.5, 0.6) is 0 Å². The summed E-state index contributed by atoms with van der Waals surface area (Å²) in [5.74, 6) is 0. The van der Waals surface area contributed by atoms with Gasteiger partial charge in [-0.1, -0.05) is 58.0 Å². The molecule has 0 saturated carbocycles. The molecule has 0 amide bonds. The summed E-state index contributed by atoms with van der Waals surface area (Å²) >= 11 is 0. The minimum atomic E-state index is 0.0838. The fraction of sp³-hybridized carbons (Fsp3) is 0.440. The van der Waals surface area contributed by atoms with E-state index in [1.807, 2.05) is 0 Å². The number of fused-ring (bicyclic) bond motifs is 7. The summed E-state index contributed by atoms with van der Waals surface area (Å²) < 4.78 is 6.47. The van der Waals surface area contributed by atoms with Crippen molar-refractivity contribution in [1.29, 1.82) is 0 Å². The van der Waals surface area contributed by atoms with Gasteiger partial charge < -0.3 is 14.2 Å². The molecular formula is C25H30N2O. The standard InChI is InChI=1S/C25H30N2O/c1-6-24(4)19-14-13-18-17-11-9-10-12-20(17)28-22(18)21(19)27-16-15-26(5)23(27)25(24,7-2)8-3/h9-16,23H,6-8H2,1-5H3. The molecule has 2 atom stereocenters. The third-order valence-electron chi connectivity index (χ3n) is 8.05. The van der Waals surface area contributed by atoms with Gasteiger partial charge in [0, 0.05) is 41.1 Å². The van der Waals surface area contributed by atoms with Crippen molar-refractivity contribution < 1.29 is 4.42 Å². The van der Waals surface area contributed by atoms with Crippen molar-refractivity contribution in [2.24, 2.45) is 5.41 Å². The normalized spacial score (nSPS) is 25.5. The summed E-state index contributed by atoms with van der Waals surface area (Å²) in [6.45, 7) is 9.57. The summed E-state index contributed by atoms with van der Waals surface area (Å²) in [6, 6.07) is 13.1. The molecule has 1 aromatic heterocycles. The number of rotatable bonds is 3. The molecule has 0 saturated heterocycles. The molecule has 28 heavy (non-hydrogen) atoms. The number of hydrogen-bond acceptors (Lipinski definition) is 3. The minimum absolute atomic E-state index is 0.0838. The number of nitrogens with zero attached hydrogens (tertiary/aromatic N) is 2. The fourth-order valence-corrected chi connectivity index (χ4v) is 6.36. The third kappa shape index (κ3) is 1.85. The van der Waals surface area contributed by atoms with Gasteiger partial charge >= 0.3 is 0 Å². The second-order valence-electron chi connectivity index (χ2n) is 8.73. The van der Waals surface area contributed by atoms with Crippen molar-refractivity contribution in [2.45, 2.75) is 58.5 Å². The zero-order chi connectivity index (χ0) is 19.7. The zero-order valence-corrected chi connectivity index (χ0v) is 17.6. The maximum atomic E-state index is 6.47. The van der Waals surface area contributed by atoms with Crippen molar-refractivity contribution in [3.05, 3.63) is 54.4 Å². The molecular weight excluding hydrogens is 344 g/mol. The average Bonchev–Trinajstić information content (AvgIpc) is 3.29. The second-order valence-corrected chi connectivity index (χ2v) is 8.73. The van der Waals surface area contributed by atoms with Crippen molar-refractivity contribution in [2.75, 3.05) is 11.9 Å². The van der Waals surface area contributed by atoms with Crippen LogP contribution in [0.4, 0.5) is 5.69 Å². The molecule has 0 aliphatic carbocycles. The largest absolute Gasteiger partial charge is 0.454 e. The molecule has 2 unspecified atom stereocenters. The molecule has 0 N–H and O–H groups in total. The Hall–Kier alpha value is -2.42. The fourth-order valence-electron chi connectivity index (χ4n) is 6.36. The minimum Gasteiger partial charge on any atom is -0.454 e. The van der Waals surface area contributed by atoms with Crippen LogP contribution < -0.4 is 4.90 Å². The van der Waals surface area contributed by atoms with Crippen molar-refractivity contribution in [3.63, 3.8) is 0 Å². The maximum absolute atomic E-state index is 6.47. The highest BCUT2D eigenvalue weighted by Crippen LogP contribution is 2.61. The van der Waals surface area contributed by atoms with E-state index < -0.39 is 0 Å². The van der Waals surface area contributed by atoms with Crippen molar-refractivity contribution >= 4 is 27.6 Å². The molecule has 3 aromatic rings. The van der Waals surface area contributed by atoms with Crippen LogP contribution in [0.3, 0.4) is 0 Å². The summed E-state index contributed by atoms with van der Waals surface area (Å²) in [6.07, 6.45) is 8.23. The molecule has 2 aromatic carbocycles. The molecule has 2 aliphatic rings. The Morgan fingerprint density at radius 3 is 2.39 bits per heavy atom. The second kappa shape index (κ2) is 5.79. The van der Waals surface area contributed by atoms with E-state index in [0.717, 1.165) is 30.4 Å². The summed E-state index contributed by atoms with van der Waals surface area (Å²) in [4.78, 5) is 4.90. The van der Waals surface area contributed by atoms with Gasteiger partial charge in [-0.2, -0.15) is 0 Å². The van der Waals surface area contributed by atoms with Crippen LogP contribution in [0.2, 0.25) is 0 Å². The van der Waals surface area contributed by atoms with E-state index in [1.165, 1.54) is 22.0 Å². The SMILES string of the molecule is CCC1(C)c2ccc3c(oc4ccccc43)c2N2C=CN(C)C2C1(CC)CC. The van der Waals surface area contributed by atoms with Gasteiger partial charge in [-0.3, -0.25) is 0 Å². The molecule has 5 rings (SSSR count). The average molecular weight is 375 g/mol. The number of anilines is 1. The van der Waals surface area contributed by atoms with E-state index in [0.29, 0.717) is 6.17 Å². The topological polar surface area (TPSA) is 19.6 Å². The molecule has 2 aliphatic heterocycles. The summed E-state index contributed by atoms with van der Waals surface area (Å²) in [5.41, 5.74) is 4.96. The van der Waals surface area contributed by atoms with E-state index in [4.69, 9.17) is 4.42 Å². The zero-order valence-electron chi connectivity index (χ0n) is 17.6. The lowest BCUT2D eigenvalue weighted by Gasteiger charge is -2.60. The first-order chi connectivity index (χ1) is 13.5. The number of hydrogen-bond donors (Lipinski definition) is 0. The Kier molecular flexibility index (Phi) is 3.65. The van der Waals surface area contributed by atoms with Gasteiger partial charge in [0.2, 0.25) is 0 Å². The lowest BCUT2D eigenvalue weighted by molar-refractivity contribution is 0.0172. The molecule has 3 nitrogen and oxygen atoms in total. The van der Waals surface area contributed by atoms with E-state index in [2.05, 4.69) is 93.3 Å². The van der Waals surface area contributed by atoms with E-state index >= 15 is 0 Å². The first-order valence-corrected chi connectivity index (χ1v) is 10.7. The van der Waals surface area contributed by atoms with Crippen molar-refractivity contribution in [3.8, 4) is 0 Å². The predicted molar refractivity (Wildman–Crippen MR) is 118 cm³/mol. The van der Waals surface area contributed by atoms with Crippen LogP contribution in [0.25, 0.3) is 21.9 Å². The molecule has 146 valence electrons. The van der Waals surface area contributed by atoms with E-state index in [1.54, 1.807) is 0 Å². The van der Waals surface area contributed by atoms with Crippen LogP contribution in [0.1, 0.15) is 52.5 Å². The first kappa shape index (κ1) is 17.7. The van der Waals surface area contributed by atoms with Crippen LogP contribution in [0.15, 0.2) is 53.2 Å². The van der Waals surface area contributed by atoms with Crippen molar-refractivity contribution in [1.82, 2.24) is 4.90 Å². The van der Waals surface area contributed by atoms with Crippen LogP contribution in [-0.2, 0) is 5.41 Å². The van der Waals surface area contributed by atoms with Gasteiger partial charge in [0.05, 0.1) is 5.69 Å². The lowest BCUT2D eigenvalue weighted by atomic mass is 9.53. The monoisotopic (exact) mass is 374 g/mol. The van der Waals surface area contributed by atoms with Gasteiger partial charge in [-0.15, -0.1) is 0 Å². The molecule has 0 fully saturated rings. The van der Waals surface area contributed by atoms with Gasteiger partial charge in [0.1, 0.15) is 11.7 Å². The smallest absolute Gasteiger partial charge is 0.159 e. The Morgan fingerprint density at radius 2 is 1.68 bits per heavy atom. The highest BCUT2D eigenvalue weighted by molar-refractivity contribution is 6.10. The molecule has 0 radical (unpaired) electrons. The molecule has 3 heteroatoms. The summed E-state index contributed by atoms with van der Waals surface area (Å²) in [7, 11) is 2.22. The quantitative estimate of drug-likeness (QED) is 0.513. The maximum Gasteiger partial charge on any atom is 0.159 e. The number of benzene rings is 2. The predicted octanol–water partition coefficient (Wildman–Crippen LogP) is 6.62. The summed E-state index contributed by atoms with van der Waals surface area (Å²) in [5, 5.41) is 2.42. The number of furan rings is 1. The van der Waals surface area contributed by atoms with Crippen LogP contribution >= 0.6 is 0 Å². The number of para-hydroxylation sites is 1. The molecule has 3 heterocycles. The first-order valence-electron chi connectivity index (χ1n) is 10.7. The van der Waals surface area contributed by atoms with Crippen LogP contribution in [-0.4, -0.2) is 18.1 Å². The van der Waals surface area contributed by atoms with Gasteiger partial charge in [0.15, 0.2) is 5.58 Å². The lowest BCUT2D eigenvalue weighted by Crippen LogP contribution is -2.62. The highest BCUT2D eigenvalue weighted by atomic mass is 16.3. The Labute approximate surface area is 167 Å².